The molecule has 1 aromatic heterocycles. The van der Waals surface area contributed by atoms with Gasteiger partial charge in [-0.05, 0) is 11.6 Å². The van der Waals surface area contributed by atoms with Crippen LogP contribution in [0.1, 0.15) is 5.56 Å². The molecule has 0 bridgehead atoms. The fourth-order valence-electron chi connectivity index (χ4n) is 1.45. The predicted octanol–water partition coefficient (Wildman–Crippen LogP) is 1.19. The van der Waals surface area contributed by atoms with Crippen molar-refractivity contribution in [2.75, 3.05) is 12.3 Å². The number of nitrogens with zero attached hydrogens (tertiary/aromatic N) is 4. The minimum Gasteiger partial charge on any atom is -0.345 e. The summed E-state index contributed by atoms with van der Waals surface area (Å²) in [5.41, 5.74) is 1.07. The van der Waals surface area contributed by atoms with E-state index in [2.05, 4.69) is 14.9 Å². The lowest BCUT2D eigenvalue weighted by atomic mass is 10.3. The molecule has 1 aromatic rings. The third-order valence-corrected chi connectivity index (χ3v) is 3.39. The van der Waals surface area contributed by atoms with Gasteiger partial charge in [-0.25, -0.2) is 9.55 Å². The number of aromatic nitrogens is 1. The number of halogens is 1. The van der Waals surface area contributed by atoms with E-state index in [0.29, 0.717) is 5.15 Å². The molecule has 0 unspecified atom stereocenters. The summed E-state index contributed by atoms with van der Waals surface area (Å²) >= 11 is 7.32. The Morgan fingerprint density at radius 2 is 2.19 bits per heavy atom. The second-order valence-electron chi connectivity index (χ2n) is 3.77. The number of rotatable bonds is 2. The first-order chi connectivity index (χ1) is 9.79. The van der Waals surface area contributed by atoms with Gasteiger partial charge < -0.3 is 19.6 Å². The fourth-order valence-corrected chi connectivity index (χ4v) is 2.50. The largest absolute Gasteiger partial charge is 0.466 e. The zero-order valence-electron chi connectivity index (χ0n) is 10.6. The van der Waals surface area contributed by atoms with Crippen LogP contribution < -0.4 is 0 Å². The van der Waals surface area contributed by atoms with Crippen molar-refractivity contribution in [2.45, 2.75) is 6.54 Å². The fraction of sp³-hybridized carbons (Fsp3) is 0.300. The van der Waals surface area contributed by atoms with Crippen LogP contribution in [0.15, 0.2) is 23.3 Å². The molecule has 0 amide bonds. The Labute approximate surface area is 130 Å². The molecule has 1 aliphatic rings. The van der Waals surface area contributed by atoms with Crippen LogP contribution in [-0.4, -0.2) is 42.0 Å². The second kappa shape index (κ2) is 8.34. The van der Waals surface area contributed by atoms with E-state index >= 15 is 0 Å². The second-order valence-corrected chi connectivity index (χ2v) is 6.24. The average Bonchev–Trinajstić information content (AvgIpc) is 2.78. The van der Waals surface area contributed by atoms with Gasteiger partial charge in [0.15, 0.2) is 5.17 Å². The number of hydrogen-bond donors (Lipinski definition) is 3. The summed E-state index contributed by atoms with van der Waals surface area (Å²) in [7, 11) is -4.64. The molecule has 0 spiro atoms. The number of hydrogen-bond acceptors (Lipinski definition) is 5. The zero-order valence-corrected chi connectivity index (χ0v) is 13.1. The van der Waals surface area contributed by atoms with Gasteiger partial charge in [0.1, 0.15) is 5.15 Å². The predicted molar refractivity (Wildman–Crippen MR) is 79.4 cm³/mol. The van der Waals surface area contributed by atoms with E-state index in [4.69, 9.17) is 36.1 Å². The standard InChI is InChI=1S/C10H9ClN4S.H3O4P/c11-9-2-1-8(5-13-9)6-15-3-4-16-10(15)14-7-12;1-5(2,3)4/h1-2,5H,3-4,6H2;(H3,1,2,3,4). The highest BCUT2D eigenvalue weighted by Crippen LogP contribution is 2.25. The van der Waals surface area contributed by atoms with Crippen molar-refractivity contribution in [3.8, 4) is 6.19 Å². The molecule has 2 heterocycles. The molecule has 0 atom stereocenters. The van der Waals surface area contributed by atoms with Crippen LogP contribution in [0.25, 0.3) is 0 Å². The maximum atomic E-state index is 8.88. The van der Waals surface area contributed by atoms with E-state index < -0.39 is 7.82 Å². The molecular formula is C10H12ClN4O4PS. The van der Waals surface area contributed by atoms with Gasteiger partial charge in [-0.2, -0.15) is 5.26 Å². The lowest BCUT2D eigenvalue weighted by molar-refractivity contribution is 0.275. The Balaban J connectivity index is 0.000000383. The van der Waals surface area contributed by atoms with Crippen LogP contribution in [-0.2, 0) is 11.1 Å². The quantitative estimate of drug-likeness (QED) is 0.412. The lowest BCUT2D eigenvalue weighted by Crippen LogP contribution is -2.23. The van der Waals surface area contributed by atoms with Gasteiger partial charge in [0.2, 0.25) is 6.19 Å². The van der Waals surface area contributed by atoms with Crippen LogP contribution >= 0.6 is 31.2 Å². The smallest absolute Gasteiger partial charge is 0.345 e. The molecule has 0 radical (unpaired) electrons. The number of aliphatic imine (C=N–C) groups is 1. The van der Waals surface area contributed by atoms with Crippen LogP contribution in [0.3, 0.4) is 0 Å². The molecular weight excluding hydrogens is 339 g/mol. The first kappa shape index (κ1) is 17.9. The number of pyridine rings is 1. The summed E-state index contributed by atoms with van der Waals surface area (Å²) < 4.78 is 8.88. The molecule has 2 rings (SSSR count). The maximum absolute atomic E-state index is 8.88. The summed E-state index contributed by atoms with van der Waals surface area (Å²) in [6.07, 6.45) is 3.57. The third-order valence-electron chi connectivity index (χ3n) is 2.17. The van der Waals surface area contributed by atoms with Crippen LogP contribution in [0.2, 0.25) is 5.15 Å². The first-order valence-electron chi connectivity index (χ1n) is 5.53. The van der Waals surface area contributed by atoms with E-state index in [-0.39, 0.29) is 0 Å². The van der Waals surface area contributed by atoms with Crippen LogP contribution in [0.5, 0.6) is 0 Å². The highest BCUT2D eigenvalue weighted by Gasteiger charge is 2.19. The summed E-state index contributed by atoms with van der Waals surface area (Å²) in [6, 6.07) is 3.70. The van der Waals surface area contributed by atoms with Gasteiger partial charge in [-0.3, -0.25) is 0 Å². The van der Waals surface area contributed by atoms with Crippen molar-refractivity contribution in [3.05, 3.63) is 29.0 Å². The highest BCUT2D eigenvalue weighted by atomic mass is 35.5. The summed E-state index contributed by atoms with van der Waals surface area (Å²) in [5.74, 6) is 0.974. The van der Waals surface area contributed by atoms with Gasteiger partial charge in [0.25, 0.3) is 0 Å². The Morgan fingerprint density at radius 3 is 2.71 bits per heavy atom. The third kappa shape index (κ3) is 8.02. The molecule has 1 fully saturated rings. The van der Waals surface area contributed by atoms with E-state index in [1.54, 1.807) is 24.0 Å². The molecule has 1 saturated heterocycles. The molecule has 3 N–H and O–H groups in total. The Bertz CT molecular complexity index is 577. The van der Waals surface area contributed by atoms with Crippen molar-refractivity contribution in [1.82, 2.24) is 9.88 Å². The van der Waals surface area contributed by atoms with Crippen molar-refractivity contribution in [1.29, 1.82) is 5.26 Å². The summed E-state index contributed by atoms with van der Waals surface area (Å²) in [4.78, 5) is 31.4. The molecule has 0 aromatic carbocycles. The van der Waals surface area contributed by atoms with Crippen LogP contribution in [0, 0.1) is 11.5 Å². The molecule has 21 heavy (non-hydrogen) atoms. The van der Waals surface area contributed by atoms with Crippen LogP contribution in [0.4, 0.5) is 0 Å². The molecule has 0 aliphatic carbocycles. The SMILES string of the molecule is N#CN=C1SCCN1Cc1ccc(Cl)nc1.O=P(O)(O)O. The highest BCUT2D eigenvalue weighted by molar-refractivity contribution is 8.14. The Kier molecular flexibility index (Phi) is 7.11. The Morgan fingerprint density at radius 1 is 1.52 bits per heavy atom. The van der Waals surface area contributed by atoms with E-state index in [1.165, 1.54) is 0 Å². The average molecular weight is 351 g/mol. The van der Waals surface area contributed by atoms with Crippen molar-refractivity contribution in [3.63, 3.8) is 0 Å². The first-order valence-corrected chi connectivity index (χ1v) is 8.45. The van der Waals surface area contributed by atoms with Crippen molar-refractivity contribution in [2.24, 2.45) is 4.99 Å². The number of nitriles is 1. The van der Waals surface area contributed by atoms with E-state index in [9.17, 15) is 0 Å². The Hall–Kier alpha value is -1.14. The summed E-state index contributed by atoms with van der Waals surface area (Å²) in [5, 5.41) is 9.82. The normalized spacial score (nSPS) is 16.3. The molecule has 11 heteroatoms. The summed E-state index contributed by atoms with van der Waals surface area (Å²) in [6.45, 7) is 1.63. The van der Waals surface area contributed by atoms with Crippen molar-refractivity contribution >= 4 is 36.4 Å². The molecule has 1 aliphatic heterocycles. The van der Waals surface area contributed by atoms with Gasteiger partial charge in [0.05, 0.1) is 0 Å². The van der Waals surface area contributed by atoms with E-state index in [1.807, 2.05) is 12.3 Å². The molecule has 8 nitrogen and oxygen atoms in total. The molecule has 114 valence electrons. The van der Waals surface area contributed by atoms with Gasteiger partial charge in [-0.15, -0.1) is 4.99 Å². The van der Waals surface area contributed by atoms with Gasteiger partial charge in [-0.1, -0.05) is 29.4 Å². The van der Waals surface area contributed by atoms with E-state index in [0.717, 1.165) is 29.6 Å². The topological polar surface area (TPSA) is 130 Å². The number of phosphoric acid groups is 1. The molecule has 0 saturated carbocycles. The minimum absolute atomic E-state index is 0.491. The monoisotopic (exact) mass is 350 g/mol. The minimum atomic E-state index is -4.64. The van der Waals surface area contributed by atoms with Gasteiger partial charge in [0, 0.05) is 25.0 Å². The zero-order chi connectivity index (χ0) is 15.9. The number of amidine groups is 1. The number of thioether (sulfide) groups is 1. The van der Waals surface area contributed by atoms with Gasteiger partial charge >= 0.3 is 7.82 Å². The maximum Gasteiger partial charge on any atom is 0.466 e. The lowest BCUT2D eigenvalue weighted by Gasteiger charge is -2.16. The van der Waals surface area contributed by atoms with Crippen molar-refractivity contribution < 1.29 is 19.2 Å².